The largest absolute Gasteiger partial charge is 0.461 e. The summed E-state index contributed by atoms with van der Waals surface area (Å²) in [6.45, 7) is 4.31. The zero-order chi connectivity index (χ0) is 19.4. The molecule has 0 unspecified atom stereocenters. The standard InChI is InChI=1S/C21H24ClNO3S/c1-3-27-12-11-26-21(25)18-13(2)23-16-5-4-6-17(24)20(16)19(18)14-7-9-15(22)10-8-14/h7-10,19,23H,3-6,11-12H2,1-2H3/t19-/m1/s1. The van der Waals surface area contributed by atoms with E-state index in [1.54, 1.807) is 23.9 Å². The van der Waals surface area contributed by atoms with Crippen LogP contribution < -0.4 is 5.32 Å². The number of nitrogens with one attached hydrogen (secondary N) is 1. The van der Waals surface area contributed by atoms with Gasteiger partial charge in [-0.1, -0.05) is 30.7 Å². The van der Waals surface area contributed by atoms with Crippen molar-refractivity contribution >= 4 is 35.1 Å². The highest BCUT2D eigenvalue weighted by molar-refractivity contribution is 7.99. The molecule has 0 saturated carbocycles. The molecule has 0 amide bonds. The number of dihydropyridines is 1. The predicted octanol–water partition coefficient (Wildman–Crippen LogP) is 4.60. The van der Waals surface area contributed by atoms with Crippen molar-refractivity contribution in [3.63, 3.8) is 0 Å². The number of benzene rings is 1. The van der Waals surface area contributed by atoms with Crippen LogP contribution in [0.2, 0.25) is 5.02 Å². The number of hydrogen-bond acceptors (Lipinski definition) is 5. The molecule has 1 aromatic rings. The quantitative estimate of drug-likeness (QED) is 0.553. The van der Waals surface area contributed by atoms with Crippen molar-refractivity contribution in [2.75, 3.05) is 18.1 Å². The third-order valence-electron chi connectivity index (χ3n) is 4.86. The van der Waals surface area contributed by atoms with Gasteiger partial charge in [-0.3, -0.25) is 4.79 Å². The number of ether oxygens (including phenoxy) is 1. The Morgan fingerprint density at radius 3 is 2.74 bits per heavy atom. The molecule has 0 fully saturated rings. The van der Waals surface area contributed by atoms with Gasteiger partial charge in [-0.2, -0.15) is 11.8 Å². The lowest BCUT2D eigenvalue weighted by Gasteiger charge is -2.34. The molecule has 1 N–H and O–H groups in total. The van der Waals surface area contributed by atoms with Crippen molar-refractivity contribution in [2.45, 2.75) is 39.0 Å². The molecule has 144 valence electrons. The first-order chi connectivity index (χ1) is 13.0. The summed E-state index contributed by atoms with van der Waals surface area (Å²) < 4.78 is 5.53. The fourth-order valence-electron chi connectivity index (χ4n) is 3.66. The SMILES string of the molecule is CCSCCOC(=O)C1=C(C)NC2=C(C(=O)CCC2)[C@@H]1c1ccc(Cl)cc1. The van der Waals surface area contributed by atoms with E-state index in [-0.39, 0.29) is 11.8 Å². The van der Waals surface area contributed by atoms with Gasteiger partial charge in [0, 0.05) is 40.1 Å². The van der Waals surface area contributed by atoms with E-state index >= 15 is 0 Å². The van der Waals surface area contributed by atoms with Crippen LogP contribution >= 0.6 is 23.4 Å². The molecule has 1 heterocycles. The van der Waals surface area contributed by atoms with Crippen LogP contribution in [0.3, 0.4) is 0 Å². The van der Waals surface area contributed by atoms with E-state index in [0.717, 1.165) is 41.3 Å². The van der Waals surface area contributed by atoms with Crippen molar-refractivity contribution in [3.05, 3.63) is 57.4 Å². The van der Waals surface area contributed by atoms with Crippen LogP contribution in [0.1, 0.15) is 44.6 Å². The van der Waals surface area contributed by atoms with Crippen molar-refractivity contribution in [2.24, 2.45) is 0 Å². The maximum absolute atomic E-state index is 12.9. The molecule has 6 heteroatoms. The summed E-state index contributed by atoms with van der Waals surface area (Å²) in [4.78, 5) is 25.7. The number of carbonyl (C=O) groups excluding carboxylic acids is 2. The fraction of sp³-hybridized carbons (Fsp3) is 0.429. The number of ketones is 1. The van der Waals surface area contributed by atoms with Crippen molar-refractivity contribution in [1.29, 1.82) is 0 Å². The second-order valence-electron chi connectivity index (χ2n) is 6.65. The summed E-state index contributed by atoms with van der Waals surface area (Å²) in [5, 5.41) is 3.92. The summed E-state index contributed by atoms with van der Waals surface area (Å²) in [6, 6.07) is 7.36. The number of halogens is 1. The molecule has 0 bridgehead atoms. The van der Waals surface area contributed by atoms with Crippen LogP contribution in [0, 0.1) is 0 Å². The number of Topliss-reactive ketones (excluding diaryl/α,β-unsaturated/α-hetero) is 1. The van der Waals surface area contributed by atoms with E-state index in [1.165, 1.54) is 0 Å². The van der Waals surface area contributed by atoms with Crippen LogP contribution in [0.15, 0.2) is 46.8 Å². The Balaban J connectivity index is 1.97. The highest BCUT2D eigenvalue weighted by Crippen LogP contribution is 2.42. The van der Waals surface area contributed by atoms with Crippen LogP contribution in [0.5, 0.6) is 0 Å². The van der Waals surface area contributed by atoms with E-state index < -0.39 is 5.92 Å². The number of esters is 1. The number of carbonyl (C=O) groups is 2. The maximum Gasteiger partial charge on any atom is 0.336 e. The first-order valence-electron chi connectivity index (χ1n) is 9.27. The summed E-state index contributed by atoms with van der Waals surface area (Å²) >= 11 is 7.77. The number of hydrogen-bond donors (Lipinski definition) is 1. The molecule has 2 aliphatic rings. The average molecular weight is 406 g/mol. The van der Waals surface area contributed by atoms with E-state index in [1.807, 2.05) is 19.1 Å². The highest BCUT2D eigenvalue weighted by Gasteiger charge is 2.38. The Morgan fingerprint density at radius 1 is 1.30 bits per heavy atom. The Labute approximate surface area is 169 Å². The molecule has 1 atom stereocenters. The fourth-order valence-corrected chi connectivity index (χ4v) is 4.27. The van der Waals surface area contributed by atoms with Gasteiger partial charge in [-0.25, -0.2) is 4.79 Å². The molecule has 1 aliphatic heterocycles. The van der Waals surface area contributed by atoms with Crippen LogP contribution in [-0.4, -0.2) is 29.9 Å². The third kappa shape index (κ3) is 4.41. The topological polar surface area (TPSA) is 55.4 Å². The Morgan fingerprint density at radius 2 is 2.04 bits per heavy atom. The van der Waals surface area contributed by atoms with Gasteiger partial charge in [0.05, 0.1) is 5.57 Å². The van der Waals surface area contributed by atoms with Crippen molar-refractivity contribution in [1.82, 2.24) is 5.32 Å². The Kier molecular flexibility index (Phi) is 6.66. The van der Waals surface area contributed by atoms with Crippen molar-refractivity contribution < 1.29 is 14.3 Å². The Bertz CT molecular complexity index is 798. The minimum absolute atomic E-state index is 0.100. The third-order valence-corrected chi connectivity index (χ3v) is 5.98. The summed E-state index contributed by atoms with van der Waals surface area (Å²) in [6.07, 6.45) is 2.16. The monoisotopic (exact) mass is 405 g/mol. The van der Waals surface area contributed by atoms with E-state index in [9.17, 15) is 9.59 Å². The second kappa shape index (κ2) is 8.98. The van der Waals surface area contributed by atoms with E-state index in [4.69, 9.17) is 16.3 Å². The van der Waals surface area contributed by atoms with Gasteiger partial charge in [0.2, 0.25) is 0 Å². The normalized spacial score (nSPS) is 19.7. The highest BCUT2D eigenvalue weighted by atomic mass is 35.5. The molecule has 0 spiro atoms. The lowest BCUT2D eigenvalue weighted by molar-refractivity contribution is -0.138. The Hall–Kier alpha value is -1.72. The van der Waals surface area contributed by atoms with Crippen LogP contribution in [0.4, 0.5) is 0 Å². The van der Waals surface area contributed by atoms with Gasteiger partial charge in [-0.05, 0) is 43.2 Å². The molecule has 1 aromatic carbocycles. The van der Waals surface area contributed by atoms with Gasteiger partial charge < -0.3 is 10.1 Å². The van der Waals surface area contributed by atoms with Gasteiger partial charge in [-0.15, -0.1) is 0 Å². The zero-order valence-corrected chi connectivity index (χ0v) is 17.2. The van der Waals surface area contributed by atoms with Gasteiger partial charge in [0.25, 0.3) is 0 Å². The molecule has 0 aromatic heterocycles. The van der Waals surface area contributed by atoms with Gasteiger partial charge in [0.1, 0.15) is 6.61 Å². The number of rotatable bonds is 6. The summed E-state index contributed by atoms with van der Waals surface area (Å²) in [5.74, 6) is 1.08. The first kappa shape index (κ1) is 20.0. The lowest BCUT2D eigenvalue weighted by atomic mass is 9.75. The van der Waals surface area contributed by atoms with Crippen LogP contribution in [-0.2, 0) is 14.3 Å². The van der Waals surface area contributed by atoms with E-state index in [0.29, 0.717) is 29.2 Å². The summed E-state index contributed by atoms with van der Waals surface area (Å²) in [5.41, 5.74) is 3.80. The zero-order valence-electron chi connectivity index (χ0n) is 15.6. The molecule has 27 heavy (non-hydrogen) atoms. The lowest BCUT2D eigenvalue weighted by Crippen LogP contribution is -2.34. The second-order valence-corrected chi connectivity index (χ2v) is 8.48. The number of thioether (sulfide) groups is 1. The molecule has 3 rings (SSSR count). The molecule has 4 nitrogen and oxygen atoms in total. The maximum atomic E-state index is 12.9. The van der Waals surface area contributed by atoms with E-state index in [2.05, 4.69) is 12.2 Å². The van der Waals surface area contributed by atoms with Gasteiger partial charge >= 0.3 is 5.97 Å². The average Bonchev–Trinajstić information content (AvgIpc) is 2.65. The van der Waals surface area contributed by atoms with Gasteiger partial charge in [0.15, 0.2) is 5.78 Å². The molecule has 1 aliphatic carbocycles. The van der Waals surface area contributed by atoms with Crippen LogP contribution in [0.25, 0.3) is 0 Å². The van der Waals surface area contributed by atoms with Crippen molar-refractivity contribution in [3.8, 4) is 0 Å². The molecule has 0 saturated heterocycles. The smallest absolute Gasteiger partial charge is 0.336 e. The predicted molar refractivity (Wildman–Crippen MR) is 110 cm³/mol. The molecule has 0 radical (unpaired) electrons. The molecular formula is C21H24ClNO3S. The number of allylic oxidation sites excluding steroid dienone is 3. The summed E-state index contributed by atoms with van der Waals surface area (Å²) in [7, 11) is 0. The first-order valence-corrected chi connectivity index (χ1v) is 10.8. The molecular weight excluding hydrogens is 382 g/mol. The minimum atomic E-state index is -0.405. The minimum Gasteiger partial charge on any atom is -0.461 e.